The van der Waals surface area contributed by atoms with E-state index in [2.05, 4.69) is 10.6 Å². The number of amides is 1. The van der Waals surface area contributed by atoms with Gasteiger partial charge in [-0.05, 0) is 103 Å². The quantitative estimate of drug-likeness (QED) is 0.0422. The highest BCUT2D eigenvalue weighted by atomic mass is 19.2. The number of halogens is 3. The Hall–Kier alpha value is -6.65. The number of rotatable bonds is 7. The summed E-state index contributed by atoms with van der Waals surface area (Å²) in [6.07, 6.45) is 0. The SMILES string of the molecule is CC.CNc1ccc(NC(=O)c2cccc(C(C)=O)c2)cc1.Nc1ccc(N)cc1.O=C(O)c1cccc(C(=O)O)c1.OB(O)c1cc(F)c(F)c(F)c1. The van der Waals surface area contributed by atoms with Crippen molar-refractivity contribution in [3.63, 3.8) is 0 Å². The van der Waals surface area contributed by atoms with Crippen LogP contribution in [-0.2, 0) is 0 Å². The summed E-state index contributed by atoms with van der Waals surface area (Å²) in [7, 11) is -0.171. The van der Waals surface area contributed by atoms with E-state index in [0.29, 0.717) is 28.9 Å². The molecule has 0 aliphatic carbocycles. The third-order valence-electron chi connectivity index (χ3n) is 6.56. The van der Waals surface area contributed by atoms with E-state index in [1.165, 1.54) is 25.1 Å². The highest BCUT2D eigenvalue weighted by Crippen LogP contribution is 2.15. The molecule has 12 nitrogen and oxygen atoms in total. The van der Waals surface area contributed by atoms with Gasteiger partial charge in [-0.2, -0.15) is 0 Å². The molecule has 1 amide bonds. The lowest BCUT2D eigenvalue weighted by molar-refractivity contribution is 0.0696. The van der Waals surface area contributed by atoms with Crippen LogP contribution in [0.25, 0.3) is 0 Å². The molecule has 10 N–H and O–H groups in total. The number of aromatic carboxylic acids is 2. The number of nitrogens with one attached hydrogen (secondary N) is 2. The van der Waals surface area contributed by atoms with Gasteiger partial charge in [-0.15, -0.1) is 0 Å². The number of carboxylic acid groups (broad SMARTS) is 2. The predicted molar refractivity (Wildman–Crippen MR) is 204 cm³/mol. The number of carbonyl (C=O) groups is 4. The average molecular weight is 749 g/mol. The third-order valence-corrected chi connectivity index (χ3v) is 6.56. The van der Waals surface area contributed by atoms with Crippen LogP contribution in [0.15, 0.2) is 109 Å². The Morgan fingerprint density at radius 3 is 1.39 bits per heavy atom. The molecule has 0 spiro atoms. The molecule has 54 heavy (non-hydrogen) atoms. The number of nitrogens with two attached hydrogens (primary N) is 2. The van der Waals surface area contributed by atoms with Gasteiger partial charge in [-0.3, -0.25) is 9.59 Å². The van der Waals surface area contributed by atoms with Crippen LogP contribution < -0.4 is 27.6 Å². The summed E-state index contributed by atoms with van der Waals surface area (Å²) >= 11 is 0. The standard InChI is InChI=1S/C16H16N2O2.C8H6O4.C6H4BF3O2.C6H8N2.C2H6/c1-11(19)12-4-3-5-13(10-12)16(20)18-15-8-6-14(17-2)7-9-15;9-7(10)5-2-1-3-6(4-5)8(11)12;8-4-1-3(7(11)12)2-5(9)6(4)10;7-5-1-2-6(8)4-3-5;1-2/h3-10,17H,1-2H3,(H,18,20);1-4H,(H,9,10)(H,11,12);1-2,11-12H;1-4H,7-8H2;1-2H3. The second-order valence-electron chi connectivity index (χ2n) is 10.4. The molecule has 0 bridgehead atoms. The fourth-order valence-corrected chi connectivity index (χ4v) is 3.81. The van der Waals surface area contributed by atoms with Crippen LogP contribution >= 0.6 is 0 Å². The largest absolute Gasteiger partial charge is 0.488 e. The van der Waals surface area contributed by atoms with E-state index in [-0.39, 0.29) is 22.8 Å². The Morgan fingerprint density at radius 1 is 0.611 bits per heavy atom. The fourth-order valence-electron chi connectivity index (χ4n) is 3.81. The molecular formula is C38H40BF3N4O8. The topological polar surface area (TPSA) is 225 Å². The minimum absolute atomic E-state index is 0.0186. The summed E-state index contributed by atoms with van der Waals surface area (Å²) in [5.41, 5.74) is 14.5. The monoisotopic (exact) mass is 748 g/mol. The van der Waals surface area contributed by atoms with Gasteiger partial charge in [0.25, 0.3) is 5.91 Å². The molecule has 5 rings (SSSR count). The lowest BCUT2D eigenvalue weighted by atomic mass is 9.80. The Labute approximate surface area is 310 Å². The number of hydrogen-bond acceptors (Lipinski definition) is 9. The number of hydrogen-bond donors (Lipinski definition) is 8. The number of anilines is 4. The lowest BCUT2D eigenvalue weighted by Gasteiger charge is -2.07. The van der Waals surface area contributed by atoms with Crippen LogP contribution in [0.1, 0.15) is 62.2 Å². The van der Waals surface area contributed by atoms with E-state index in [4.69, 9.17) is 31.7 Å². The van der Waals surface area contributed by atoms with E-state index in [1.807, 2.05) is 45.2 Å². The molecule has 0 saturated heterocycles. The smallest absolute Gasteiger partial charge is 0.478 e. The number of nitrogen functional groups attached to an aromatic ring is 2. The van der Waals surface area contributed by atoms with Gasteiger partial charge in [0.2, 0.25) is 0 Å². The molecular weight excluding hydrogens is 708 g/mol. The van der Waals surface area contributed by atoms with Crippen molar-refractivity contribution in [1.82, 2.24) is 0 Å². The molecule has 0 saturated carbocycles. The maximum Gasteiger partial charge on any atom is 0.488 e. The minimum Gasteiger partial charge on any atom is -0.478 e. The number of benzene rings is 5. The molecule has 284 valence electrons. The lowest BCUT2D eigenvalue weighted by Crippen LogP contribution is -2.30. The summed E-state index contributed by atoms with van der Waals surface area (Å²) in [5.74, 6) is -7.06. The molecule has 5 aromatic rings. The van der Waals surface area contributed by atoms with Crippen molar-refractivity contribution in [2.24, 2.45) is 0 Å². The zero-order valence-corrected chi connectivity index (χ0v) is 29.7. The van der Waals surface area contributed by atoms with Crippen molar-refractivity contribution in [1.29, 1.82) is 0 Å². The Morgan fingerprint density at radius 2 is 1.00 bits per heavy atom. The van der Waals surface area contributed by atoms with Crippen molar-refractivity contribution >= 4 is 59.0 Å². The Kier molecular flexibility index (Phi) is 19.3. The summed E-state index contributed by atoms with van der Waals surface area (Å²) in [5, 5.41) is 39.7. The molecule has 16 heteroatoms. The molecule has 5 aromatic carbocycles. The molecule has 0 heterocycles. The van der Waals surface area contributed by atoms with Crippen LogP contribution in [0.2, 0.25) is 0 Å². The van der Waals surface area contributed by atoms with Crippen LogP contribution in [-0.4, -0.2) is 58.1 Å². The first kappa shape index (κ1) is 45.4. The van der Waals surface area contributed by atoms with Crippen molar-refractivity contribution in [3.05, 3.63) is 149 Å². The number of ketones is 1. The molecule has 0 aromatic heterocycles. The molecule has 0 aliphatic rings. The molecule has 0 fully saturated rings. The highest BCUT2D eigenvalue weighted by Gasteiger charge is 2.17. The second kappa shape index (κ2) is 23.0. The van der Waals surface area contributed by atoms with Gasteiger partial charge in [0.05, 0.1) is 11.1 Å². The van der Waals surface area contributed by atoms with Gasteiger partial charge in [0, 0.05) is 40.9 Å². The Balaban J connectivity index is 0.000000373. The minimum atomic E-state index is -2.00. The van der Waals surface area contributed by atoms with Crippen molar-refractivity contribution in [2.75, 3.05) is 29.1 Å². The van der Waals surface area contributed by atoms with Crippen molar-refractivity contribution in [2.45, 2.75) is 20.8 Å². The first-order valence-electron chi connectivity index (χ1n) is 15.9. The zero-order valence-electron chi connectivity index (χ0n) is 29.7. The van der Waals surface area contributed by atoms with Crippen LogP contribution in [0.5, 0.6) is 0 Å². The van der Waals surface area contributed by atoms with Gasteiger partial charge in [0.15, 0.2) is 23.2 Å². The normalized spacial score (nSPS) is 9.43. The average Bonchev–Trinajstić information content (AvgIpc) is 3.16. The van der Waals surface area contributed by atoms with Gasteiger partial charge in [-0.1, -0.05) is 32.0 Å². The van der Waals surface area contributed by atoms with E-state index in [9.17, 15) is 32.3 Å². The molecule has 0 atom stereocenters. The van der Waals surface area contributed by atoms with Crippen LogP contribution in [0, 0.1) is 17.5 Å². The van der Waals surface area contributed by atoms with E-state index < -0.39 is 42.0 Å². The van der Waals surface area contributed by atoms with Crippen molar-refractivity contribution < 1.29 is 52.6 Å². The Bertz CT molecular complexity index is 1930. The summed E-state index contributed by atoms with van der Waals surface area (Å²) in [6, 6.07) is 27.4. The highest BCUT2D eigenvalue weighted by molar-refractivity contribution is 6.58. The number of Topliss-reactive ketones (excluding diaryl/α,β-unsaturated/α-hetero) is 1. The molecule has 0 radical (unpaired) electrons. The zero-order chi connectivity index (χ0) is 41.0. The van der Waals surface area contributed by atoms with E-state index in [0.717, 1.165) is 23.1 Å². The van der Waals surface area contributed by atoms with Gasteiger partial charge in [-0.25, -0.2) is 22.8 Å². The van der Waals surface area contributed by atoms with Gasteiger partial charge >= 0.3 is 19.1 Å². The number of carbonyl (C=O) groups excluding carboxylic acids is 2. The maximum absolute atomic E-state index is 12.4. The van der Waals surface area contributed by atoms with Crippen LogP contribution in [0.4, 0.5) is 35.9 Å². The van der Waals surface area contributed by atoms with Crippen molar-refractivity contribution in [3.8, 4) is 0 Å². The first-order valence-corrected chi connectivity index (χ1v) is 15.9. The molecule has 0 aliphatic heterocycles. The number of carboxylic acids is 2. The summed E-state index contributed by atoms with van der Waals surface area (Å²) in [6.45, 7) is 5.48. The summed E-state index contributed by atoms with van der Waals surface area (Å²) < 4.78 is 37.0. The summed E-state index contributed by atoms with van der Waals surface area (Å²) in [4.78, 5) is 44.2. The molecule has 0 unspecified atom stereocenters. The van der Waals surface area contributed by atoms with Gasteiger partial charge < -0.3 is 42.4 Å². The fraction of sp³-hybridized carbons (Fsp3) is 0.105. The van der Waals surface area contributed by atoms with E-state index >= 15 is 0 Å². The van der Waals surface area contributed by atoms with Gasteiger partial charge in [0.1, 0.15) is 0 Å². The van der Waals surface area contributed by atoms with Crippen LogP contribution in [0.3, 0.4) is 0 Å². The predicted octanol–water partition coefficient (Wildman–Crippen LogP) is 5.93. The van der Waals surface area contributed by atoms with E-state index in [1.54, 1.807) is 48.5 Å². The maximum atomic E-state index is 12.4. The third kappa shape index (κ3) is 15.7. The second-order valence-corrected chi connectivity index (χ2v) is 10.4. The first-order chi connectivity index (χ1) is 25.5.